The maximum atomic E-state index is 11.8. The maximum absolute atomic E-state index is 11.8. The van der Waals surface area contributed by atoms with Gasteiger partial charge in [-0.1, -0.05) is 23.2 Å². The molecule has 7 heteroatoms. The minimum atomic E-state index is -0.549. The summed E-state index contributed by atoms with van der Waals surface area (Å²) in [5.74, 6) is 0.218. The number of rotatable bonds is 3. The Morgan fingerprint density at radius 2 is 2.10 bits per heavy atom. The van der Waals surface area contributed by atoms with Crippen molar-refractivity contribution >= 4 is 35.0 Å². The minimum absolute atomic E-state index is 0.0930. The number of carbonyl (C=O) groups is 1. The third-order valence-corrected chi connectivity index (χ3v) is 3.45. The fraction of sp³-hybridized carbons (Fsp3) is 0.231. The van der Waals surface area contributed by atoms with Crippen molar-refractivity contribution in [1.82, 2.24) is 9.55 Å². The topological polar surface area (TPSA) is 70.1 Å². The van der Waals surface area contributed by atoms with E-state index in [9.17, 15) is 4.79 Å². The predicted molar refractivity (Wildman–Crippen MR) is 78.7 cm³/mol. The molecule has 1 aromatic heterocycles. The molecule has 0 aliphatic rings. The van der Waals surface area contributed by atoms with Gasteiger partial charge >= 0.3 is 5.97 Å². The average molecular weight is 314 g/mol. The van der Waals surface area contributed by atoms with Gasteiger partial charge in [-0.2, -0.15) is 0 Å². The Kier molecular flexibility index (Phi) is 4.20. The first-order valence-electron chi connectivity index (χ1n) is 5.93. The van der Waals surface area contributed by atoms with Crippen LogP contribution < -0.4 is 5.73 Å². The van der Waals surface area contributed by atoms with Gasteiger partial charge in [-0.05, 0) is 32.0 Å². The number of benzene rings is 1. The van der Waals surface area contributed by atoms with Gasteiger partial charge in [0.25, 0.3) is 0 Å². The summed E-state index contributed by atoms with van der Waals surface area (Å²) in [4.78, 5) is 15.9. The van der Waals surface area contributed by atoms with Crippen LogP contribution in [0.4, 0.5) is 5.82 Å². The molecule has 106 valence electrons. The molecule has 5 nitrogen and oxygen atoms in total. The maximum Gasteiger partial charge on any atom is 0.360 e. The lowest BCUT2D eigenvalue weighted by atomic mass is 10.3. The number of hydrogen-bond donors (Lipinski definition) is 1. The highest BCUT2D eigenvalue weighted by Gasteiger charge is 2.20. The van der Waals surface area contributed by atoms with Crippen LogP contribution in [0, 0.1) is 6.92 Å². The van der Waals surface area contributed by atoms with Gasteiger partial charge in [0.1, 0.15) is 11.6 Å². The van der Waals surface area contributed by atoms with Gasteiger partial charge in [0, 0.05) is 0 Å². The van der Waals surface area contributed by atoms with Crippen LogP contribution >= 0.6 is 23.2 Å². The molecule has 0 unspecified atom stereocenters. The SMILES string of the molecule is CCOC(=O)c1nc(C)n(-c2ccc(Cl)c(Cl)c2)c1N. The fourth-order valence-electron chi connectivity index (χ4n) is 1.85. The van der Waals surface area contributed by atoms with E-state index in [1.54, 1.807) is 36.6 Å². The molecular weight excluding hydrogens is 301 g/mol. The summed E-state index contributed by atoms with van der Waals surface area (Å²) in [6.07, 6.45) is 0. The van der Waals surface area contributed by atoms with Crippen molar-refractivity contribution in [2.75, 3.05) is 12.3 Å². The largest absolute Gasteiger partial charge is 0.461 e. The number of anilines is 1. The lowest BCUT2D eigenvalue weighted by molar-refractivity contribution is 0.0521. The number of carbonyl (C=O) groups excluding carboxylic acids is 1. The van der Waals surface area contributed by atoms with Crippen LogP contribution in [0.2, 0.25) is 10.0 Å². The molecule has 0 saturated carbocycles. The smallest absolute Gasteiger partial charge is 0.360 e. The van der Waals surface area contributed by atoms with Gasteiger partial charge in [-0.3, -0.25) is 4.57 Å². The van der Waals surface area contributed by atoms with Crippen molar-refractivity contribution in [3.05, 3.63) is 39.8 Å². The summed E-state index contributed by atoms with van der Waals surface area (Å²) in [5.41, 5.74) is 6.75. The van der Waals surface area contributed by atoms with Crippen molar-refractivity contribution in [2.45, 2.75) is 13.8 Å². The first-order valence-corrected chi connectivity index (χ1v) is 6.68. The molecule has 1 aromatic carbocycles. The first kappa shape index (κ1) is 14.7. The van der Waals surface area contributed by atoms with Gasteiger partial charge in [-0.25, -0.2) is 9.78 Å². The van der Waals surface area contributed by atoms with Crippen LogP contribution in [0.3, 0.4) is 0 Å². The Bertz CT molecular complexity index is 668. The second kappa shape index (κ2) is 5.73. The van der Waals surface area contributed by atoms with Gasteiger partial charge in [0.2, 0.25) is 0 Å². The van der Waals surface area contributed by atoms with Gasteiger partial charge in [0.15, 0.2) is 5.69 Å². The molecule has 0 fully saturated rings. The van der Waals surface area contributed by atoms with E-state index >= 15 is 0 Å². The van der Waals surface area contributed by atoms with E-state index in [1.807, 2.05) is 0 Å². The number of imidazole rings is 1. The van der Waals surface area contributed by atoms with E-state index in [4.69, 9.17) is 33.7 Å². The standard InChI is InChI=1S/C13H13Cl2N3O2/c1-3-20-13(19)11-12(16)18(7(2)17-11)8-4-5-9(14)10(15)6-8/h4-6H,3,16H2,1-2H3. The Morgan fingerprint density at radius 1 is 1.40 bits per heavy atom. The summed E-state index contributed by atoms with van der Waals surface area (Å²) in [5, 5.41) is 0.840. The number of ether oxygens (including phenoxy) is 1. The lowest BCUT2D eigenvalue weighted by Crippen LogP contribution is -2.09. The molecule has 0 aliphatic carbocycles. The van der Waals surface area contributed by atoms with E-state index in [0.717, 1.165) is 0 Å². The minimum Gasteiger partial charge on any atom is -0.461 e. The summed E-state index contributed by atoms with van der Waals surface area (Å²) < 4.78 is 6.53. The molecule has 0 atom stereocenters. The monoisotopic (exact) mass is 313 g/mol. The van der Waals surface area contributed by atoms with Crippen molar-refractivity contribution < 1.29 is 9.53 Å². The second-order valence-corrected chi connectivity index (χ2v) is 4.86. The summed E-state index contributed by atoms with van der Waals surface area (Å²) in [6.45, 7) is 3.72. The van der Waals surface area contributed by atoms with E-state index in [2.05, 4.69) is 4.98 Å². The summed E-state index contributed by atoms with van der Waals surface area (Å²) in [7, 11) is 0. The number of esters is 1. The number of aromatic nitrogens is 2. The van der Waals surface area contributed by atoms with Crippen LogP contribution in [-0.4, -0.2) is 22.1 Å². The summed E-state index contributed by atoms with van der Waals surface area (Å²) >= 11 is 11.9. The Labute approximate surface area is 126 Å². The molecular formula is C13H13Cl2N3O2. The molecule has 0 spiro atoms. The zero-order valence-electron chi connectivity index (χ0n) is 11.0. The highest BCUT2D eigenvalue weighted by atomic mass is 35.5. The molecule has 0 radical (unpaired) electrons. The molecule has 0 saturated heterocycles. The van der Waals surface area contributed by atoms with Crippen LogP contribution in [0.25, 0.3) is 5.69 Å². The highest BCUT2D eigenvalue weighted by Crippen LogP contribution is 2.27. The van der Waals surface area contributed by atoms with E-state index < -0.39 is 5.97 Å². The van der Waals surface area contributed by atoms with E-state index in [-0.39, 0.29) is 18.1 Å². The molecule has 0 bridgehead atoms. The van der Waals surface area contributed by atoms with Gasteiger partial charge in [-0.15, -0.1) is 0 Å². The molecule has 2 aromatic rings. The van der Waals surface area contributed by atoms with E-state index in [0.29, 0.717) is 21.6 Å². The number of hydrogen-bond acceptors (Lipinski definition) is 4. The molecule has 20 heavy (non-hydrogen) atoms. The van der Waals surface area contributed by atoms with Crippen molar-refractivity contribution in [2.24, 2.45) is 0 Å². The zero-order chi connectivity index (χ0) is 14.9. The molecule has 2 rings (SSSR count). The van der Waals surface area contributed by atoms with Crippen molar-refractivity contribution in [1.29, 1.82) is 0 Å². The van der Waals surface area contributed by atoms with Crippen LogP contribution in [0.5, 0.6) is 0 Å². The molecule has 0 amide bonds. The second-order valence-electron chi connectivity index (χ2n) is 4.05. The zero-order valence-corrected chi connectivity index (χ0v) is 12.5. The Morgan fingerprint density at radius 3 is 2.70 bits per heavy atom. The molecule has 0 aliphatic heterocycles. The molecule has 2 N–H and O–H groups in total. The highest BCUT2D eigenvalue weighted by molar-refractivity contribution is 6.42. The van der Waals surface area contributed by atoms with Crippen molar-refractivity contribution in [3.8, 4) is 5.69 Å². The number of nitrogen functional groups attached to an aromatic ring is 1. The first-order chi connectivity index (χ1) is 9.45. The number of nitrogens with zero attached hydrogens (tertiary/aromatic N) is 2. The number of aryl methyl sites for hydroxylation is 1. The Hall–Kier alpha value is -1.72. The fourth-order valence-corrected chi connectivity index (χ4v) is 2.14. The van der Waals surface area contributed by atoms with Gasteiger partial charge < -0.3 is 10.5 Å². The molecule has 1 heterocycles. The average Bonchev–Trinajstić information content (AvgIpc) is 2.69. The van der Waals surface area contributed by atoms with Crippen LogP contribution in [0.1, 0.15) is 23.2 Å². The predicted octanol–water partition coefficient (Wildman–Crippen LogP) is 3.25. The van der Waals surface area contributed by atoms with Crippen molar-refractivity contribution in [3.63, 3.8) is 0 Å². The summed E-state index contributed by atoms with van der Waals surface area (Å²) in [6, 6.07) is 5.06. The normalized spacial score (nSPS) is 10.6. The third-order valence-electron chi connectivity index (χ3n) is 2.71. The number of nitrogens with two attached hydrogens (primary N) is 1. The number of halogens is 2. The van der Waals surface area contributed by atoms with Crippen LogP contribution in [-0.2, 0) is 4.74 Å². The lowest BCUT2D eigenvalue weighted by Gasteiger charge is -2.08. The Balaban J connectivity index is 2.52. The third kappa shape index (κ3) is 2.59. The van der Waals surface area contributed by atoms with Crippen LogP contribution in [0.15, 0.2) is 18.2 Å². The van der Waals surface area contributed by atoms with E-state index in [1.165, 1.54) is 0 Å². The van der Waals surface area contributed by atoms with Gasteiger partial charge in [0.05, 0.1) is 22.3 Å². The quantitative estimate of drug-likeness (QED) is 0.883.